The third-order valence-corrected chi connectivity index (χ3v) is 6.09. The van der Waals surface area contributed by atoms with Gasteiger partial charge in [0.1, 0.15) is 0 Å². The first-order chi connectivity index (χ1) is 12.3. The lowest BCUT2D eigenvalue weighted by Crippen LogP contribution is -2.31. The summed E-state index contributed by atoms with van der Waals surface area (Å²) >= 11 is 3.10. The molecule has 128 valence electrons. The summed E-state index contributed by atoms with van der Waals surface area (Å²) < 4.78 is 1.67. The van der Waals surface area contributed by atoms with Crippen LogP contribution in [0.3, 0.4) is 0 Å². The normalized spacial score (nSPS) is 17.1. The fraction of sp³-hybridized carbons (Fsp3) is 0.294. The third kappa shape index (κ3) is 3.45. The molecule has 1 atom stereocenters. The van der Waals surface area contributed by atoms with Crippen molar-refractivity contribution in [1.82, 2.24) is 25.1 Å². The summed E-state index contributed by atoms with van der Waals surface area (Å²) in [5.74, 6) is 0.484. The first-order valence-corrected chi connectivity index (χ1v) is 9.99. The Hall–Kier alpha value is -2.19. The Morgan fingerprint density at radius 2 is 2.12 bits per heavy atom. The molecule has 1 aliphatic heterocycles. The number of thiophene rings is 1. The molecule has 4 rings (SSSR count). The Morgan fingerprint density at radius 1 is 1.24 bits per heavy atom. The second-order valence-corrected chi connectivity index (χ2v) is 7.68. The minimum atomic E-state index is 0.142. The molecule has 1 unspecified atom stereocenters. The SMILES string of the molecule is O=C(CSc1nnnn1-c1ccccc1)N1CCCC1c1cccs1. The van der Waals surface area contributed by atoms with Gasteiger partial charge in [0, 0.05) is 11.4 Å². The number of amides is 1. The van der Waals surface area contributed by atoms with Crippen molar-refractivity contribution in [2.45, 2.75) is 24.0 Å². The van der Waals surface area contributed by atoms with Gasteiger partial charge in [-0.05, 0) is 46.8 Å². The van der Waals surface area contributed by atoms with E-state index >= 15 is 0 Å². The molecule has 1 aromatic carbocycles. The first-order valence-electron chi connectivity index (χ1n) is 8.12. The van der Waals surface area contributed by atoms with Gasteiger partial charge in [-0.25, -0.2) is 0 Å². The Morgan fingerprint density at radius 3 is 2.92 bits per heavy atom. The van der Waals surface area contributed by atoms with Gasteiger partial charge in [-0.1, -0.05) is 36.0 Å². The number of carbonyl (C=O) groups is 1. The van der Waals surface area contributed by atoms with Crippen LogP contribution >= 0.6 is 23.1 Å². The van der Waals surface area contributed by atoms with Crippen molar-refractivity contribution in [3.8, 4) is 5.69 Å². The van der Waals surface area contributed by atoms with Crippen LogP contribution in [0.15, 0.2) is 53.0 Å². The first kappa shape index (κ1) is 16.3. The summed E-state index contributed by atoms with van der Waals surface area (Å²) in [5, 5.41) is 14.5. The van der Waals surface area contributed by atoms with E-state index in [-0.39, 0.29) is 11.9 Å². The van der Waals surface area contributed by atoms with Crippen LogP contribution in [0.1, 0.15) is 23.8 Å². The Bertz CT molecular complexity index is 834. The number of aromatic nitrogens is 4. The Kier molecular flexibility index (Phi) is 4.80. The highest BCUT2D eigenvalue weighted by molar-refractivity contribution is 7.99. The number of carbonyl (C=O) groups excluding carboxylic acids is 1. The highest BCUT2D eigenvalue weighted by atomic mass is 32.2. The maximum atomic E-state index is 12.7. The van der Waals surface area contributed by atoms with Crippen LogP contribution in [0.4, 0.5) is 0 Å². The fourth-order valence-electron chi connectivity index (χ4n) is 3.05. The van der Waals surface area contributed by atoms with Crippen LogP contribution in [0, 0.1) is 0 Å². The molecular formula is C17H17N5OS2. The molecule has 1 fully saturated rings. The minimum Gasteiger partial charge on any atom is -0.334 e. The van der Waals surface area contributed by atoms with Crippen LogP contribution in [-0.2, 0) is 4.79 Å². The molecule has 0 saturated carbocycles. The van der Waals surface area contributed by atoms with Gasteiger partial charge in [-0.2, -0.15) is 4.68 Å². The Balaban J connectivity index is 1.44. The van der Waals surface area contributed by atoms with Gasteiger partial charge < -0.3 is 4.90 Å². The predicted molar refractivity (Wildman–Crippen MR) is 97.9 cm³/mol. The van der Waals surface area contributed by atoms with Gasteiger partial charge >= 0.3 is 0 Å². The van der Waals surface area contributed by atoms with Crippen molar-refractivity contribution in [2.24, 2.45) is 0 Å². The van der Waals surface area contributed by atoms with Crippen molar-refractivity contribution >= 4 is 29.0 Å². The van der Waals surface area contributed by atoms with E-state index in [0.29, 0.717) is 10.9 Å². The van der Waals surface area contributed by atoms with Gasteiger partial charge in [-0.15, -0.1) is 16.4 Å². The largest absolute Gasteiger partial charge is 0.334 e. The number of para-hydroxylation sites is 1. The lowest BCUT2D eigenvalue weighted by atomic mass is 10.2. The molecule has 0 aliphatic carbocycles. The number of likely N-dealkylation sites (tertiary alicyclic amines) is 1. The molecule has 25 heavy (non-hydrogen) atoms. The van der Waals surface area contributed by atoms with E-state index in [0.717, 1.165) is 25.1 Å². The van der Waals surface area contributed by atoms with Gasteiger partial charge in [0.15, 0.2) is 0 Å². The second kappa shape index (κ2) is 7.37. The van der Waals surface area contributed by atoms with Crippen LogP contribution in [0.2, 0.25) is 0 Å². The molecule has 3 aromatic rings. The molecule has 2 aromatic heterocycles. The standard InChI is InChI=1S/C17H17N5OS2/c23-16(21-10-4-8-14(21)15-9-5-11-24-15)12-25-17-18-19-20-22(17)13-6-2-1-3-7-13/h1-3,5-7,9,11,14H,4,8,10,12H2. The average molecular weight is 371 g/mol. The van der Waals surface area contributed by atoms with Crippen molar-refractivity contribution in [1.29, 1.82) is 0 Å². The molecule has 8 heteroatoms. The highest BCUT2D eigenvalue weighted by Crippen LogP contribution is 2.35. The molecule has 1 amide bonds. The van der Waals surface area contributed by atoms with Crippen molar-refractivity contribution < 1.29 is 4.79 Å². The van der Waals surface area contributed by atoms with Gasteiger partial charge in [0.05, 0.1) is 17.5 Å². The van der Waals surface area contributed by atoms with Crippen molar-refractivity contribution in [3.05, 3.63) is 52.7 Å². The van der Waals surface area contributed by atoms with Crippen LogP contribution in [0.5, 0.6) is 0 Å². The van der Waals surface area contributed by atoms with E-state index in [1.165, 1.54) is 16.6 Å². The second-order valence-electron chi connectivity index (χ2n) is 5.76. The lowest BCUT2D eigenvalue weighted by molar-refractivity contribution is -0.129. The number of benzene rings is 1. The van der Waals surface area contributed by atoms with Gasteiger partial charge in [0.2, 0.25) is 11.1 Å². The summed E-state index contributed by atoms with van der Waals surface area (Å²) in [7, 11) is 0. The molecule has 0 N–H and O–H groups in total. The molecule has 1 aliphatic rings. The van der Waals surface area contributed by atoms with E-state index in [1.54, 1.807) is 16.0 Å². The monoisotopic (exact) mass is 371 g/mol. The maximum absolute atomic E-state index is 12.7. The zero-order chi connectivity index (χ0) is 17.1. The summed E-state index contributed by atoms with van der Waals surface area (Å²) in [6, 6.07) is 14.1. The van der Waals surface area contributed by atoms with E-state index in [1.807, 2.05) is 41.3 Å². The van der Waals surface area contributed by atoms with Gasteiger partial charge in [-0.3, -0.25) is 4.79 Å². The minimum absolute atomic E-state index is 0.142. The number of thioether (sulfide) groups is 1. The molecule has 6 nitrogen and oxygen atoms in total. The van der Waals surface area contributed by atoms with Crippen molar-refractivity contribution in [2.75, 3.05) is 12.3 Å². The molecule has 3 heterocycles. The highest BCUT2D eigenvalue weighted by Gasteiger charge is 2.30. The number of hydrogen-bond donors (Lipinski definition) is 0. The summed E-state index contributed by atoms with van der Waals surface area (Å²) in [6.45, 7) is 0.825. The molecule has 1 saturated heterocycles. The smallest absolute Gasteiger partial charge is 0.233 e. The average Bonchev–Trinajstić information content (AvgIpc) is 3.41. The molecule has 0 bridgehead atoms. The van der Waals surface area contributed by atoms with E-state index in [4.69, 9.17) is 0 Å². The van der Waals surface area contributed by atoms with Crippen molar-refractivity contribution in [3.63, 3.8) is 0 Å². The predicted octanol–water partition coefficient (Wildman–Crippen LogP) is 3.18. The zero-order valence-electron chi connectivity index (χ0n) is 13.5. The van der Waals surface area contributed by atoms with Gasteiger partial charge in [0.25, 0.3) is 0 Å². The Labute approximate surface area is 153 Å². The quantitative estimate of drug-likeness (QED) is 0.645. The summed E-state index contributed by atoms with van der Waals surface area (Å²) in [4.78, 5) is 16.0. The lowest BCUT2D eigenvalue weighted by Gasteiger charge is -2.23. The van der Waals surface area contributed by atoms with Crippen LogP contribution in [0.25, 0.3) is 5.69 Å². The zero-order valence-corrected chi connectivity index (χ0v) is 15.1. The number of hydrogen-bond acceptors (Lipinski definition) is 6. The van der Waals surface area contributed by atoms with E-state index in [9.17, 15) is 4.79 Å². The van der Waals surface area contributed by atoms with Crippen LogP contribution < -0.4 is 0 Å². The molecule has 0 radical (unpaired) electrons. The topological polar surface area (TPSA) is 63.9 Å². The third-order valence-electron chi connectivity index (χ3n) is 4.21. The van der Waals surface area contributed by atoms with E-state index < -0.39 is 0 Å². The molecular weight excluding hydrogens is 354 g/mol. The summed E-state index contributed by atoms with van der Waals surface area (Å²) in [5.41, 5.74) is 0.889. The van der Waals surface area contributed by atoms with E-state index in [2.05, 4.69) is 27.0 Å². The number of rotatable bonds is 5. The maximum Gasteiger partial charge on any atom is 0.233 e. The molecule has 0 spiro atoms. The number of tetrazole rings is 1. The fourth-order valence-corrected chi connectivity index (χ4v) is 4.70. The van der Waals surface area contributed by atoms with Crippen LogP contribution in [-0.4, -0.2) is 43.3 Å². The number of nitrogens with zero attached hydrogens (tertiary/aromatic N) is 5. The summed E-state index contributed by atoms with van der Waals surface area (Å²) in [6.07, 6.45) is 2.10.